The Hall–Kier alpha value is -0.580. The second kappa shape index (κ2) is 5.81. The van der Waals surface area contributed by atoms with Gasteiger partial charge < -0.3 is 9.80 Å². The maximum Gasteiger partial charge on any atom is 0.255 e. The van der Waals surface area contributed by atoms with Crippen molar-refractivity contribution in [2.45, 2.75) is 13.0 Å². The molecule has 2 rings (SSSR count). The second-order valence-corrected chi connectivity index (χ2v) is 6.63. The molecule has 1 saturated heterocycles. The van der Waals surface area contributed by atoms with Crippen LogP contribution < -0.4 is 0 Å². The number of likely N-dealkylation sites (tertiary alicyclic amines) is 1. The molecule has 0 aromatic heterocycles. The maximum atomic E-state index is 12.5. The minimum atomic E-state index is 0.0692. The molecule has 0 spiro atoms. The standard InChI is InChI=1S/C14H18BrClN2O/c1-9-7-18(8-13(9)17(2)3)14(19)11-5-4-10(16)6-12(11)15/h4-6,9,13H,7-8H2,1-3H3. The highest BCUT2D eigenvalue weighted by molar-refractivity contribution is 9.10. The summed E-state index contributed by atoms with van der Waals surface area (Å²) in [6, 6.07) is 5.72. The fourth-order valence-electron chi connectivity index (χ4n) is 2.62. The zero-order valence-electron chi connectivity index (χ0n) is 11.4. The summed E-state index contributed by atoms with van der Waals surface area (Å²) in [5, 5.41) is 0.629. The molecule has 104 valence electrons. The van der Waals surface area contributed by atoms with Gasteiger partial charge in [-0.2, -0.15) is 0 Å². The Bertz CT molecular complexity index is 492. The third-order valence-corrected chi connectivity index (χ3v) is 4.58. The molecule has 1 aromatic rings. The summed E-state index contributed by atoms with van der Waals surface area (Å²) in [5.41, 5.74) is 0.677. The van der Waals surface area contributed by atoms with Crippen molar-refractivity contribution in [3.8, 4) is 0 Å². The number of hydrogen-bond donors (Lipinski definition) is 0. The van der Waals surface area contributed by atoms with Crippen molar-refractivity contribution >= 4 is 33.4 Å². The summed E-state index contributed by atoms with van der Waals surface area (Å²) in [4.78, 5) is 16.6. The molecule has 5 heteroatoms. The van der Waals surface area contributed by atoms with Crippen LogP contribution in [0.5, 0.6) is 0 Å². The van der Waals surface area contributed by atoms with Gasteiger partial charge in [0.15, 0.2) is 0 Å². The predicted octanol–water partition coefficient (Wildman–Crippen LogP) is 3.12. The number of likely N-dealkylation sites (N-methyl/N-ethyl adjacent to an activating group) is 1. The van der Waals surface area contributed by atoms with Crippen molar-refractivity contribution in [3.63, 3.8) is 0 Å². The van der Waals surface area contributed by atoms with Gasteiger partial charge in [0.25, 0.3) is 5.91 Å². The van der Waals surface area contributed by atoms with Crippen LogP contribution in [0.4, 0.5) is 0 Å². The van der Waals surface area contributed by atoms with E-state index in [1.54, 1.807) is 18.2 Å². The van der Waals surface area contributed by atoms with E-state index in [1.165, 1.54) is 0 Å². The molecule has 1 aliphatic heterocycles. The predicted molar refractivity (Wildman–Crippen MR) is 81.7 cm³/mol. The molecule has 0 aliphatic carbocycles. The normalized spacial score (nSPS) is 23.2. The summed E-state index contributed by atoms with van der Waals surface area (Å²) < 4.78 is 0.756. The molecule has 1 aromatic carbocycles. The molecule has 0 saturated carbocycles. The molecule has 3 nitrogen and oxygen atoms in total. The van der Waals surface area contributed by atoms with Gasteiger partial charge in [-0.1, -0.05) is 18.5 Å². The van der Waals surface area contributed by atoms with Crippen molar-refractivity contribution in [1.29, 1.82) is 0 Å². The first-order valence-electron chi connectivity index (χ1n) is 6.31. The highest BCUT2D eigenvalue weighted by Gasteiger charge is 2.34. The van der Waals surface area contributed by atoms with E-state index >= 15 is 0 Å². The number of halogens is 2. The average Bonchev–Trinajstić information content (AvgIpc) is 2.70. The number of amides is 1. The number of carbonyl (C=O) groups excluding carboxylic acids is 1. The average molecular weight is 346 g/mol. The number of carbonyl (C=O) groups is 1. The quantitative estimate of drug-likeness (QED) is 0.822. The molecule has 19 heavy (non-hydrogen) atoms. The van der Waals surface area contributed by atoms with Crippen LogP contribution in [0.2, 0.25) is 5.02 Å². The van der Waals surface area contributed by atoms with E-state index in [9.17, 15) is 4.79 Å². The number of nitrogens with zero attached hydrogens (tertiary/aromatic N) is 2. The number of benzene rings is 1. The van der Waals surface area contributed by atoms with Crippen molar-refractivity contribution in [3.05, 3.63) is 33.3 Å². The molecule has 0 radical (unpaired) electrons. The molecule has 1 heterocycles. The van der Waals surface area contributed by atoms with E-state index in [0.717, 1.165) is 17.6 Å². The highest BCUT2D eigenvalue weighted by atomic mass is 79.9. The fraction of sp³-hybridized carbons (Fsp3) is 0.500. The summed E-state index contributed by atoms with van der Waals surface area (Å²) in [6.45, 7) is 3.77. The molecule has 1 fully saturated rings. The summed E-state index contributed by atoms with van der Waals surface area (Å²) in [5.74, 6) is 0.560. The van der Waals surface area contributed by atoms with E-state index in [-0.39, 0.29) is 5.91 Å². The van der Waals surface area contributed by atoms with Crippen LogP contribution in [0.1, 0.15) is 17.3 Å². The lowest BCUT2D eigenvalue weighted by molar-refractivity contribution is 0.0780. The second-order valence-electron chi connectivity index (χ2n) is 5.34. The van der Waals surface area contributed by atoms with Gasteiger partial charge in [-0.05, 0) is 54.1 Å². The number of rotatable bonds is 2. The lowest BCUT2D eigenvalue weighted by Crippen LogP contribution is -2.35. The fourth-order valence-corrected chi connectivity index (χ4v) is 3.47. The maximum absolute atomic E-state index is 12.5. The van der Waals surface area contributed by atoms with Gasteiger partial charge >= 0.3 is 0 Å². The SMILES string of the molecule is CC1CN(C(=O)c2ccc(Cl)cc2Br)CC1N(C)C. The van der Waals surface area contributed by atoms with Crippen molar-refractivity contribution in [1.82, 2.24) is 9.80 Å². The summed E-state index contributed by atoms with van der Waals surface area (Å²) in [7, 11) is 4.13. The molecule has 1 aliphatic rings. The van der Waals surface area contributed by atoms with Crippen molar-refractivity contribution in [2.75, 3.05) is 27.2 Å². The van der Waals surface area contributed by atoms with Gasteiger partial charge in [0.05, 0.1) is 5.56 Å². The van der Waals surface area contributed by atoms with Gasteiger partial charge in [0.1, 0.15) is 0 Å². The van der Waals surface area contributed by atoms with Crippen LogP contribution in [0.15, 0.2) is 22.7 Å². The minimum absolute atomic E-state index is 0.0692. The first-order valence-corrected chi connectivity index (χ1v) is 7.48. The van der Waals surface area contributed by atoms with Crippen molar-refractivity contribution < 1.29 is 4.79 Å². The first-order chi connectivity index (χ1) is 8.90. The molecule has 2 atom stereocenters. The Morgan fingerprint density at radius 1 is 1.42 bits per heavy atom. The Kier molecular flexibility index (Phi) is 4.54. The Labute approximate surface area is 127 Å². The first kappa shape index (κ1) is 14.8. The van der Waals surface area contributed by atoms with Crippen LogP contribution in [0, 0.1) is 5.92 Å². The number of hydrogen-bond acceptors (Lipinski definition) is 2. The zero-order chi connectivity index (χ0) is 14.2. The Morgan fingerprint density at radius 2 is 2.11 bits per heavy atom. The minimum Gasteiger partial charge on any atom is -0.337 e. The molecule has 0 N–H and O–H groups in total. The molecular formula is C14H18BrClN2O. The van der Waals surface area contributed by atoms with Crippen LogP contribution in [-0.2, 0) is 0 Å². The van der Waals surface area contributed by atoms with Gasteiger partial charge in [-0.15, -0.1) is 0 Å². The molecular weight excluding hydrogens is 328 g/mol. The third-order valence-electron chi connectivity index (χ3n) is 3.68. The van der Waals surface area contributed by atoms with E-state index in [1.807, 2.05) is 4.90 Å². The van der Waals surface area contributed by atoms with Crippen LogP contribution >= 0.6 is 27.5 Å². The third kappa shape index (κ3) is 3.12. The Balaban J connectivity index is 2.17. The van der Waals surface area contributed by atoms with E-state index in [2.05, 4.69) is 41.8 Å². The monoisotopic (exact) mass is 344 g/mol. The smallest absolute Gasteiger partial charge is 0.255 e. The van der Waals surface area contributed by atoms with Gasteiger partial charge in [-0.3, -0.25) is 4.79 Å². The van der Waals surface area contributed by atoms with E-state index in [4.69, 9.17) is 11.6 Å². The lowest BCUT2D eigenvalue weighted by atomic mass is 10.1. The van der Waals surface area contributed by atoms with E-state index < -0.39 is 0 Å². The van der Waals surface area contributed by atoms with Crippen LogP contribution in [0.25, 0.3) is 0 Å². The van der Waals surface area contributed by atoms with Crippen molar-refractivity contribution in [2.24, 2.45) is 5.92 Å². The van der Waals surface area contributed by atoms with E-state index in [0.29, 0.717) is 22.5 Å². The zero-order valence-corrected chi connectivity index (χ0v) is 13.7. The summed E-state index contributed by atoms with van der Waals surface area (Å²) >= 11 is 9.32. The highest BCUT2D eigenvalue weighted by Crippen LogP contribution is 2.26. The summed E-state index contributed by atoms with van der Waals surface area (Å²) in [6.07, 6.45) is 0. The lowest BCUT2D eigenvalue weighted by Gasteiger charge is -2.22. The Morgan fingerprint density at radius 3 is 2.63 bits per heavy atom. The van der Waals surface area contributed by atoms with Gasteiger partial charge in [-0.25, -0.2) is 0 Å². The van der Waals surface area contributed by atoms with Crippen LogP contribution in [0.3, 0.4) is 0 Å². The topological polar surface area (TPSA) is 23.6 Å². The van der Waals surface area contributed by atoms with Crippen LogP contribution in [-0.4, -0.2) is 48.9 Å². The molecule has 1 amide bonds. The van der Waals surface area contributed by atoms with Gasteiger partial charge in [0.2, 0.25) is 0 Å². The molecule has 0 bridgehead atoms. The van der Waals surface area contributed by atoms with Gasteiger partial charge in [0, 0.05) is 28.6 Å². The largest absolute Gasteiger partial charge is 0.337 e. The molecule has 2 unspecified atom stereocenters.